The van der Waals surface area contributed by atoms with Gasteiger partial charge in [-0.3, -0.25) is 10.1 Å². The molecule has 0 aliphatic carbocycles. The van der Waals surface area contributed by atoms with Crippen LogP contribution in [0.15, 0.2) is 46.9 Å². The molecule has 0 aliphatic heterocycles. The molecule has 0 atom stereocenters. The smallest absolute Gasteiger partial charge is 0.322 e. The van der Waals surface area contributed by atoms with E-state index in [2.05, 4.69) is 15.5 Å². The summed E-state index contributed by atoms with van der Waals surface area (Å²) >= 11 is 5.88. The molecule has 128 valence electrons. The van der Waals surface area contributed by atoms with Gasteiger partial charge >= 0.3 is 6.01 Å². The fourth-order valence-corrected chi connectivity index (χ4v) is 2.35. The predicted molar refractivity (Wildman–Crippen MR) is 92.2 cm³/mol. The molecule has 0 unspecified atom stereocenters. The number of rotatable bonds is 5. The number of aromatic nitrogens is 2. The summed E-state index contributed by atoms with van der Waals surface area (Å²) in [5, 5.41) is 10.7. The van der Waals surface area contributed by atoms with E-state index in [-0.39, 0.29) is 11.9 Å². The van der Waals surface area contributed by atoms with E-state index in [4.69, 9.17) is 25.5 Å². The minimum atomic E-state index is -0.398. The molecule has 1 N–H and O–H groups in total. The Kier molecular flexibility index (Phi) is 4.85. The minimum Gasteiger partial charge on any atom is -0.493 e. The maximum atomic E-state index is 12.2. The fraction of sp³-hybridized carbons (Fsp3) is 0.118. The van der Waals surface area contributed by atoms with Gasteiger partial charge in [0.1, 0.15) is 0 Å². The van der Waals surface area contributed by atoms with Gasteiger partial charge in [0.25, 0.3) is 5.91 Å². The molecule has 0 radical (unpaired) electrons. The molecule has 1 aromatic heterocycles. The zero-order valence-electron chi connectivity index (χ0n) is 13.4. The van der Waals surface area contributed by atoms with Gasteiger partial charge in [0.2, 0.25) is 5.89 Å². The van der Waals surface area contributed by atoms with Crippen LogP contribution in [-0.4, -0.2) is 30.3 Å². The van der Waals surface area contributed by atoms with Crippen molar-refractivity contribution in [2.45, 2.75) is 0 Å². The van der Waals surface area contributed by atoms with E-state index in [1.54, 1.807) is 49.6 Å². The molecule has 1 amide bonds. The van der Waals surface area contributed by atoms with E-state index in [1.165, 1.54) is 7.11 Å². The third-order valence-corrected chi connectivity index (χ3v) is 3.60. The van der Waals surface area contributed by atoms with Crippen LogP contribution in [0.4, 0.5) is 6.01 Å². The lowest BCUT2D eigenvalue weighted by Crippen LogP contribution is -2.11. The van der Waals surface area contributed by atoms with E-state index in [9.17, 15) is 4.79 Å². The van der Waals surface area contributed by atoms with E-state index in [0.717, 1.165) is 0 Å². The second-order valence-electron chi connectivity index (χ2n) is 4.95. The number of ether oxygens (including phenoxy) is 2. The van der Waals surface area contributed by atoms with Gasteiger partial charge in [0, 0.05) is 16.1 Å². The van der Waals surface area contributed by atoms with Crippen molar-refractivity contribution in [1.82, 2.24) is 10.2 Å². The number of methoxy groups -OCH3 is 2. The molecule has 7 nitrogen and oxygen atoms in total. The molecule has 0 spiro atoms. The molecular weight excluding hydrogens is 346 g/mol. The monoisotopic (exact) mass is 359 g/mol. The average Bonchev–Trinajstić information content (AvgIpc) is 3.09. The average molecular weight is 360 g/mol. The molecular formula is C17H14ClN3O4. The molecule has 3 rings (SSSR count). The van der Waals surface area contributed by atoms with Crippen LogP contribution in [0.1, 0.15) is 10.4 Å². The molecule has 3 aromatic rings. The van der Waals surface area contributed by atoms with Gasteiger partial charge in [-0.05, 0) is 36.4 Å². The van der Waals surface area contributed by atoms with E-state index < -0.39 is 5.91 Å². The van der Waals surface area contributed by atoms with Crippen molar-refractivity contribution in [1.29, 1.82) is 0 Å². The Bertz CT molecular complexity index is 910. The van der Waals surface area contributed by atoms with Crippen LogP contribution < -0.4 is 14.8 Å². The summed E-state index contributed by atoms with van der Waals surface area (Å²) in [6, 6.07) is 11.7. The van der Waals surface area contributed by atoms with Gasteiger partial charge in [-0.2, -0.15) is 0 Å². The van der Waals surface area contributed by atoms with Crippen molar-refractivity contribution in [3.05, 3.63) is 53.1 Å². The Hall–Kier alpha value is -3.06. The van der Waals surface area contributed by atoms with Gasteiger partial charge in [-0.15, -0.1) is 5.10 Å². The van der Waals surface area contributed by atoms with Crippen LogP contribution in [0.2, 0.25) is 5.02 Å². The number of hydrogen-bond donors (Lipinski definition) is 1. The SMILES string of the molecule is COc1ccc(-c2nnc(NC(=O)c3cccc(Cl)c3)o2)cc1OC. The van der Waals surface area contributed by atoms with Crippen LogP contribution in [0.5, 0.6) is 11.5 Å². The van der Waals surface area contributed by atoms with Crippen molar-refractivity contribution in [3.63, 3.8) is 0 Å². The third-order valence-electron chi connectivity index (χ3n) is 3.36. The molecule has 0 saturated carbocycles. The van der Waals surface area contributed by atoms with Crippen molar-refractivity contribution in [2.75, 3.05) is 19.5 Å². The summed E-state index contributed by atoms with van der Waals surface area (Å²) in [6.07, 6.45) is 0. The Balaban J connectivity index is 1.79. The second kappa shape index (κ2) is 7.23. The van der Waals surface area contributed by atoms with Crippen LogP contribution in [0.25, 0.3) is 11.5 Å². The first kappa shape index (κ1) is 16.8. The highest BCUT2D eigenvalue weighted by Gasteiger charge is 2.14. The number of nitrogens with one attached hydrogen (secondary N) is 1. The molecule has 0 bridgehead atoms. The number of carbonyl (C=O) groups is 1. The van der Waals surface area contributed by atoms with Crippen molar-refractivity contribution in [3.8, 4) is 23.0 Å². The molecule has 2 aromatic carbocycles. The Morgan fingerprint density at radius 1 is 1.08 bits per heavy atom. The molecule has 0 fully saturated rings. The van der Waals surface area contributed by atoms with Crippen molar-refractivity contribution < 1.29 is 18.7 Å². The minimum absolute atomic E-state index is 0.0187. The van der Waals surface area contributed by atoms with Gasteiger partial charge in [0.05, 0.1) is 14.2 Å². The number of benzene rings is 2. The van der Waals surface area contributed by atoms with Crippen molar-refractivity contribution in [2.24, 2.45) is 0 Å². The molecule has 1 heterocycles. The van der Waals surface area contributed by atoms with Crippen LogP contribution in [0, 0.1) is 0 Å². The van der Waals surface area contributed by atoms with Crippen molar-refractivity contribution >= 4 is 23.5 Å². The lowest BCUT2D eigenvalue weighted by atomic mass is 10.2. The van der Waals surface area contributed by atoms with Crippen LogP contribution in [-0.2, 0) is 0 Å². The first-order valence-corrected chi connectivity index (χ1v) is 7.61. The largest absolute Gasteiger partial charge is 0.493 e. The zero-order valence-corrected chi connectivity index (χ0v) is 14.2. The highest BCUT2D eigenvalue weighted by atomic mass is 35.5. The highest BCUT2D eigenvalue weighted by Crippen LogP contribution is 2.32. The quantitative estimate of drug-likeness (QED) is 0.748. The maximum Gasteiger partial charge on any atom is 0.322 e. The van der Waals surface area contributed by atoms with E-state index in [1.807, 2.05) is 0 Å². The van der Waals surface area contributed by atoms with E-state index in [0.29, 0.717) is 27.6 Å². The normalized spacial score (nSPS) is 10.4. The predicted octanol–water partition coefficient (Wildman–Crippen LogP) is 3.66. The first-order valence-electron chi connectivity index (χ1n) is 7.23. The fourth-order valence-electron chi connectivity index (χ4n) is 2.16. The third kappa shape index (κ3) is 3.72. The summed E-state index contributed by atoms with van der Waals surface area (Å²) in [4.78, 5) is 12.2. The number of amides is 1. The standard InChI is InChI=1S/C17H14ClN3O4/c1-23-13-7-6-11(9-14(13)24-2)16-20-21-17(25-16)19-15(22)10-4-3-5-12(18)8-10/h3-9H,1-2H3,(H,19,21,22). The highest BCUT2D eigenvalue weighted by molar-refractivity contribution is 6.31. The number of halogens is 1. The Morgan fingerprint density at radius 2 is 1.88 bits per heavy atom. The summed E-state index contributed by atoms with van der Waals surface area (Å²) in [5.74, 6) is 0.954. The maximum absolute atomic E-state index is 12.2. The van der Waals surface area contributed by atoms with Gasteiger partial charge < -0.3 is 13.9 Å². The lowest BCUT2D eigenvalue weighted by Gasteiger charge is -2.07. The number of nitrogens with zero attached hydrogens (tertiary/aromatic N) is 2. The summed E-state index contributed by atoms with van der Waals surface area (Å²) in [6.45, 7) is 0. The topological polar surface area (TPSA) is 86.5 Å². The molecule has 25 heavy (non-hydrogen) atoms. The summed E-state index contributed by atoms with van der Waals surface area (Å²) in [7, 11) is 3.08. The zero-order chi connectivity index (χ0) is 17.8. The number of anilines is 1. The van der Waals surface area contributed by atoms with Crippen LogP contribution in [0.3, 0.4) is 0 Å². The first-order chi connectivity index (χ1) is 12.1. The van der Waals surface area contributed by atoms with Crippen LogP contribution >= 0.6 is 11.6 Å². The Morgan fingerprint density at radius 3 is 2.60 bits per heavy atom. The number of hydrogen-bond acceptors (Lipinski definition) is 6. The van der Waals surface area contributed by atoms with Gasteiger partial charge in [0.15, 0.2) is 11.5 Å². The van der Waals surface area contributed by atoms with E-state index >= 15 is 0 Å². The molecule has 0 saturated heterocycles. The summed E-state index contributed by atoms with van der Waals surface area (Å²) < 4.78 is 15.9. The molecule has 8 heteroatoms. The van der Waals surface area contributed by atoms with Gasteiger partial charge in [-0.25, -0.2) is 0 Å². The number of carbonyl (C=O) groups excluding carboxylic acids is 1. The lowest BCUT2D eigenvalue weighted by molar-refractivity contribution is 0.102. The van der Waals surface area contributed by atoms with Gasteiger partial charge in [-0.1, -0.05) is 22.8 Å². The second-order valence-corrected chi connectivity index (χ2v) is 5.38. The molecule has 0 aliphatic rings. The summed E-state index contributed by atoms with van der Waals surface area (Å²) in [5.41, 5.74) is 1.02. The Labute approximate surface area is 148 Å².